The number of hydrogen-bond acceptors (Lipinski definition) is 5. The molecule has 0 saturated heterocycles. The minimum absolute atomic E-state index is 0.119. The number of nitro benzene ring substituents is 1. The van der Waals surface area contributed by atoms with Crippen molar-refractivity contribution in [3.8, 4) is 0 Å². The lowest BCUT2D eigenvalue weighted by Crippen LogP contribution is -2.36. The Morgan fingerprint density at radius 2 is 2.09 bits per heavy atom. The smallest absolute Gasteiger partial charge is 0.271 e. The molecule has 2 heterocycles. The number of nitrogens with zero attached hydrogens (tertiary/aromatic N) is 3. The van der Waals surface area contributed by atoms with Crippen LogP contribution < -0.4 is 4.31 Å². The summed E-state index contributed by atoms with van der Waals surface area (Å²) >= 11 is 0. The number of benzene rings is 1. The van der Waals surface area contributed by atoms with Gasteiger partial charge in [0.1, 0.15) is 4.90 Å². The summed E-state index contributed by atoms with van der Waals surface area (Å²) < 4.78 is 27.3. The van der Waals surface area contributed by atoms with Gasteiger partial charge in [0.25, 0.3) is 15.7 Å². The summed E-state index contributed by atoms with van der Waals surface area (Å²) in [4.78, 5) is 10.6. The maximum Gasteiger partial charge on any atom is 0.271 e. The minimum Gasteiger partial charge on any atom is -0.281 e. The van der Waals surface area contributed by atoms with E-state index in [1.54, 1.807) is 19.9 Å². The highest BCUT2D eigenvalue weighted by atomic mass is 32.2. The van der Waals surface area contributed by atoms with Gasteiger partial charge in [0.05, 0.1) is 22.0 Å². The first-order valence-corrected chi connectivity index (χ1v) is 8.58. The van der Waals surface area contributed by atoms with Crippen LogP contribution in [0.25, 0.3) is 0 Å². The van der Waals surface area contributed by atoms with Crippen LogP contribution >= 0.6 is 0 Å². The van der Waals surface area contributed by atoms with E-state index in [0.717, 1.165) is 5.56 Å². The van der Waals surface area contributed by atoms with Crippen LogP contribution in [0.15, 0.2) is 23.1 Å². The summed E-state index contributed by atoms with van der Waals surface area (Å²) in [5.41, 5.74) is 1.90. The molecule has 23 heavy (non-hydrogen) atoms. The third-order valence-electron chi connectivity index (χ3n) is 3.96. The van der Waals surface area contributed by atoms with Crippen LogP contribution in [-0.4, -0.2) is 30.1 Å². The number of aryl methyl sites for hydroxylation is 3. The number of sulfonamides is 1. The quantitative estimate of drug-likeness (QED) is 0.681. The first-order valence-electron chi connectivity index (χ1n) is 7.14. The van der Waals surface area contributed by atoms with Crippen LogP contribution in [0.2, 0.25) is 0 Å². The minimum atomic E-state index is -3.82. The van der Waals surface area contributed by atoms with E-state index >= 15 is 0 Å². The second kappa shape index (κ2) is 5.34. The van der Waals surface area contributed by atoms with Crippen molar-refractivity contribution >= 4 is 21.4 Å². The summed E-state index contributed by atoms with van der Waals surface area (Å²) in [7, 11) is -3.82. The van der Waals surface area contributed by atoms with Gasteiger partial charge in [0.2, 0.25) is 0 Å². The Hall–Kier alpha value is -2.42. The van der Waals surface area contributed by atoms with Gasteiger partial charge in [-0.15, -0.1) is 0 Å². The molecule has 0 radical (unpaired) electrons. The Balaban J connectivity index is 2.16. The molecule has 3 rings (SSSR count). The van der Waals surface area contributed by atoms with Crippen molar-refractivity contribution in [3.05, 3.63) is 45.3 Å². The van der Waals surface area contributed by atoms with E-state index < -0.39 is 14.9 Å². The zero-order chi connectivity index (χ0) is 16.8. The molecule has 1 aromatic heterocycles. The normalized spacial score (nSPS) is 14.6. The van der Waals surface area contributed by atoms with Gasteiger partial charge in [-0.1, -0.05) is 6.07 Å². The summed E-state index contributed by atoms with van der Waals surface area (Å²) in [6.07, 6.45) is 1.36. The molecule has 9 heteroatoms. The lowest BCUT2D eigenvalue weighted by Gasteiger charge is -2.30. The van der Waals surface area contributed by atoms with E-state index in [-0.39, 0.29) is 10.6 Å². The monoisotopic (exact) mass is 336 g/mol. The molecule has 0 aliphatic carbocycles. The molecule has 0 bridgehead atoms. The van der Waals surface area contributed by atoms with Gasteiger partial charge >= 0.3 is 0 Å². The number of rotatable bonds is 3. The molecule has 0 atom stereocenters. The van der Waals surface area contributed by atoms with E-state index in [1.165, 1.54) is 16.4 Å². The fraction of sp³-hybridized carbons (Fsp3) is 0.357. The lowest BCUT2D eigenvalue weighted by molar-refractivity contribution is -0.384. The van der Waals surface area contributed by atoms with Crippen molar-refractivity contribution in [1.82, 2.24) is 10.2 Å². The molecular weight excluding hydrogens is 320 g/mol. The maximum absolute atomic E-state index is 13.0. The zero-order valence-corrected chi connectivity index (χ0v) is 13.6. The van der Waals surface area contributed by atoms with Crippen LogP contribution in [0.5, 0.6) is 0 Å². The number of non-ortho nitro benzene ring substituents is 1. The standard InChI is InChI=1S/C14H16N4O4S/c1-9-14(10(2)16-15-9)23(21,22)17-7-3-4-11-5-6-12(18(19)20)8-13(11)17/h5-6,8H,3-4,7H2,1-2H3,(H,15,16). The molecule has 0 saturated carbocycles. The predicted octanol–water partition coefficient (Wildman–Crippen LogP) is 2.08. The Bertz CT molecular complexity index is 869. The van der Waals surface area contributed by atoms with Crippen molar-refractivity contribution in [2.24, 2.45) is 0 Å². The van der Waals surface area contributed by atoms with Crippen LogP contribution in [0.3, 0.4) is 0 Å². The molecule has 1 aromatic carbocycles. The molecule has 1 N–H and O–H groups in total. The van der Waals surface area contributed by atoms with Crippen LogP contribution in [0, 0.1) is 24.0 Å². The highest BCUT2D eigenvalue weighted by molar-refractivity contribution is 7.93. The van der Waals surface area contributed by atoms with Crippen molar-refractivity contribution in [2.75, 3.05) is 10.8 Å². The SMILES string of the molecule is Cc1n[nH]c(C)c1S(=O)(=O)N1CCCc2ccc([N+](=O)[O-])cc21. The number of fused-ring (bicyclic) bond motifs is 1. The molecule has 0 unspecified atom stereocenters. The fourth-order valence-corrected chi connectivity index (χ4v) is 4.79. The molecule has 8 nitrogen and oxygen atoms in total. The predicted molar refractivity (Wildman–Crippen MR) is 84.0 cm³/mol. The number of H-pyrrole nitrogens is 1. The third-order valence-corrected chi connectivity index (χ3v) is 6.04. The first kappa shape index (κ1) is 15.5. The lowest BCUT2D eigenvalue weighted by atomic mass is 10.0. The van der Waals surface area contributed by atoms with Crippen LogP contribution in [0.4, 0.5) is 11.4 Å². The van der Waals surface area contributed by atoms with E-state index in [4.69, 9.17) is 0 Å². The molecule has 0 amide bonds. The number of aromatic amines is 1. The van der Waals surface area contributed by atoms with Gasteiger partial charge in [0.15, 0.2) is 0 Å². The Morgan fingerprint density at radius 1 is 1.35 bits per heavy atom. The maximum atomic E-state index is 13.0. The van der Waals surface area contributed by atoms with Crippen molar-refractivity contribution < 1.29 is 13.3 Å². The van der Waals surface area contributed by atoms with E-state index in [0.29, 0.717) is 36.5 Å². The summed E-state index contributed by atoms with van der Waals surface area (Å²) in [6.45, 7) is 3.56. The summed E-state index contributed by atoms with van der Waals surface area (Å²) in [5.74, 6) is 0. The molecule has 2 aromatic rings. The van der Waals surface area contributed by atoms with Crippen molar-refractivity contribution in [3.63, 3.8) is 0 Å². The van der Waals surface area contributed by atoms with Gasteiger partial charge in [-0.2, -0.15) is 5.10 Å². The van der Waals surface area contributed by atoms with E-state index in [1.807, 2.05) is 0 Å². The Morgan fingerprint density at radius 3 is 2.70 bits per heavy atom. The Kier molecular flexibility index (Phi) is 3.59. The van der Waals surface area contributed by atoms with E-state index in [9.17, 15) is 18.5 Å². The summed E-state index contributed by atoms with van der Waals surface area (Å²) in [6, 6.07) is 4.37. The number of nitrogens with one attached hydrogen (secondary N) is 1. The molecule has 1 aliphatic rings. The highest BCUT2D eigenvalue weighted by Crippen LogP contribution is 2.35. The largest absolute Gasteiger partial charge is 0.281 e. The zero-order valence-electron chi connectivity index (χ0n) is 12.7. The van der Waals surface area contributed by atoms with Crippen LogP contribution in [-0.2, 0) is 16.4 Å². The second-order valence-electron chi connectivity index (χ2n) is 5.51. The first-order chi connectivity index (χ1) is 10.8. The average Bonchev–Trinajstić information content (AvgIpc) is 2.85. The third kappa shape index (κ3) is 2.46. The van der Waals surface area contributed by atoms with Gasteiger partial charge in [-0.05, 0) is 32.3 Å². The summed E-state index contributed by atoms with van der Waals surface area (Å²) in [5, 5.41) is 17.6. The van der Waals surface area contributed by atoms with Gasteiger partial charge in [0, 0.05) is 18.7 Å². The molecular formula is C14H16N4O4S. The number of hydrogen-bond donors (Lipinski definition) is 1. The van der Waals surface area contributed by atoms with Gasteiger partial charge < -0.3 is 0 Å². The molecule has 0 fully saturated rings. The van der Waals surface area contributed by atoms with E-state index in [2.05, 4.69) is 10.2 Å². The molecule has 1 aliphatic heterocycles. The van der Waals surface area contributed by atoms with Crippen molar-refractivity contribution in [2.45, 2.75) is 31.6 Å². The molecule has 0 spiro atoms. The Labute approximate surface area is 133 Å². The number of anilines is 1. The fourth-order valence-electron chi connectivity index (χ4n) is 2.92. The number of aromatic nitrogens is 2. The number of nitro groups is 1. The van der Waals surface area contributed by atoms with Gasteiger partial charge in [-0.25, -0.2) is 8.42 Å². The second-order valence-corrected chi connectivity index (χ2v) is 7.31. The molecule has 122 valence electrons. The topological polar surface area (TPSA) is 109 Å². The van der Waals surface area contributed by atoms with Gasteiger partial charge in [-0.3, -0.25) is 19.5 Å². The van der Waals surface area contributed by atoms with Crippen molar-refractivity contribution in [1.29, 1.82) is 0 Å². The highest BCUT2D eigenvalue weighted by Gasteiger charge is 2.33. The van der Waals surface area contributed by atoms with Crippen LogP contribution in [0.1, 0.15) is 23.4 Å². The average molecular weight is 336 g/mol.